The predicted molar refractivity (Wildman–Crippen MR) is 249 cm³/mol. The third kappa shape index (κ3) is 4.64. The fraction of sp³-hybridized carbons (Fsp3) is 0.0536. The van der Waals surface area contributed by atoms with Crippen LogP contribution in [0, 0.1) is 0 Å². The van der Waals surface area contributed by atoms with Gasteiger partial charge in [0.15, 0.2) is 0 Å². The zero-order valence-corrected chi connectivity index (χ0v) is 33.1. The molecule has 13 rings (SSSR count). The summed E-state index contributed by atoms with van der Waals surface area (Å²) >= 11 is 0. The summed E-state index contributed by atoms with van der Waals surface area (Å²) < 4.78 is 11.1. The van der Waals surface area contributed by atoms with Gasteiger partial charge in [-0.05, 0) is 118 Å². The maximum atomic E-state index is 6.26. The zero-order chi connectivity index (χ0) is 39.7. The van der Waals surface area contributed by atoms with E-state index >= 15 is 0 Å². The van der Waals surface area contributed by atoms with E-state index < -0.39 is 0 Å². The highest BCUT2D eigenvalue weighted by Gasteiger charge is 2.36. The molecule has 0 N–H and O–H groups in total. The van der Waals surface area contributed by atoms with Crippen LogP contribution in [0.5, 0.6) is 0 Å². The summed E-state index contributed by atoms with van der Waals surface area (Å²) in [5.41, 5.74) is 18.2. The second-order valence-corrected chi connectivity index (χ2v) is 16.8. The first-order chi connectivity index (χ1) is 29.5. The summed E-state index contributed by atoms with van der Waals surface area (Å²) in [7, 11) is 0. The summed E-state index contributed by atoms with van der Waals surface area (Å²) in [5, 5.41) is 7.19. The fourth-order valence-corrected chi connectivity index (χ4v) is 10.3. The van der Waals surface area contributed by atoms with Crippen molar-refractivity contribution in [3.63, 3.8) is 0 Å². The molecule has 1 aliphatic carbocycles. The molecule has 4 heteroatoms. The normalized spacial score (nSPS) is 13.3. The second kappa shape index (κ2) is 12.2. The molecule has 0 aliphatic heterocycles. The number of aromatic nitrogens is 3. The van der Waals surface area contributed by atoms with Gasteiger partial charge in [0.2, 0.25) is 0 Å². The van der Waals surface area contributed by atoms with Crippen molar-refractivity contribution in [1.82, 2.24) is 14.1 Å². The highest BCUT2D eigenvalue weighted by molar-refractivity contribution is 6.12. The van der Waals surface area contributed by atoms with Crippen LogP contribution in [0.2, 0.25) is 0 Å². The molecule has 0 amide bonds. The summed E-state index contributed by atoms with van der Waals surface area (Å²) in [6, 6.07) is 66.5. The Kier molecular flexibility index (Phi) is 6.75. The Labute approximate surface area is 346 Å². The zero-order valence-electron chi connectivity index (χ0n) is 33.1. The summed E-state index contributed by atoms with van der Waals surface area (Å²) in [6.45, 7) is 4.61. The van der Waals surface area contributed by atoms with Crippen molar-refractivity contribution in [2.75, 3.05) is 0 Å². The van der Waals surface area contributed by atoms with Gasteiger partial charge in [0.1, 0.15) is 11.2 Å². The molecule has 0 bridgehead atoms. The summed E-state index contributed by atoms with van der Waals surface area (Å²) in [5.74, 6) is 0. The molecule has 8 aromatic carbocycles. The first kappa shape index (κ1) is 33.3. The van der Waals surface area contributed by atoms with Crippen LogP contribution in [0.4, 0.5) is 0 Å². The molecule has 1 aliphatic rings. The Morgan fingerprint density at radius 2 is 0.967 bits per heavy atom. The Hall–Kier alpha value is -7.69. The van der Waals surface area contributed by atoms with Gasteiger partial charge >= 0.3 is 0 Å². The van der Waals surface area contributed by atoms with E-state index in [1.807, 2.05) is 18.3 Å². The minimum absolute atomic E-state index is 0.0993. The van der Waals surface area contributed by atoms with Crippen LogP contribution in [0.3, 0.4) is 0 Å². The SMILES string of the molecule is CC1(C)c2ccc(-n3c4ccccc4c4cc(-c5cc(-c6ccc7oc8ccccc8c7c6)cc(-n6c7ccccc7c7ccccc76)c5)ccc43)cc2-c2ncccc21. The second-order valence-electron chi connectivity index (χ2n) is 16.8. The van der Waals surface area contributed by atoms with Gasteiger partial charge in [-0.25, -0.2) is 0 Å². The molecule has 4 aromatic heterocycles. The van der Waals surface area contributed by atoms with Crippen molar-refractivity contribution in [3.8, 4) is 44.9 Å². The lowest BCUT2D eigenvalue weighted by atomic mass is 9.83. The molecule has 0 saturated carbocycles. The van der Waals surface area contributed by atoms with E-state index in [9.17, 15) is 0 Å². The van der Waals surface area contributed by atoms with E-state index in [4.69, 9.17) is 9.40 Å². The van der Waals surface area contributed by atoms with Crippen LogP contribution in [-0.4, -0.2) is 14.1 Å². The first-order valence-electron chi connectivity index (χ1n) is 20.7. The molecule has 282 valence electrons. The minimum atomic E-state index is -0.0993. The molecule has 0 atom stereocenters. The highest BCUT2D eigenvalue weighted by atomic mass is 16.3. The number of nitrogens with zero attached hydrogens (tertiary/aromatic N) is 3. The van der Waals surface area contributed by atoms with Gasteiger partial charge in [0.05, 0.1) is 27.8 Å². The lowest BCUT2D eigenvalue weighted by Crippen LogP contribution is -2.15. The molecular weight excluding hydrogens is 731 g/mol. The number of pyridine rings is 1. The van der Waals surface area contributed by atoms with E-state index in [1.165, 1.54) is 60.3 Å². The lowest BCUT2D eigenvalue weighted by Gasteiger charge is -2.21. The maximum Gasteiger partial charge on any atom is 0.135 e. The number of furan rings is 1. The van der Waals surface area contributed by atoms with Crippen LogP contribution in [0.15, 0.2) is 193 Å². The van der Waals surface area contributed by atoms with Crippen molar-refractivity contribution >= 4 is 65.6 Å². The monoisotopic (exact) mass is 767 g/mol. The Balaban J connectivity index is 1.04. The summed E-state index contributed by atoms with van der Waals surface area (Å²) in [4.78, 5) is 4.89. The standard InChI is InChI=1S/C56H37N3O/c1-56(2)47-24-23-38(33-46(47)55-48(56)16-11-27-57-55)58-51-19-9-5-14-42(51)44-31-34(21-25-52(44)58)36-28-37(35-22-26-54-45(32-35)43-15-6-10-20-53(43)60-54)30-39(29-36)59-49-17-7-3-12-40(49)41-13-4-8-18-50(41)59/h3-33H,1-2H3. The molecule has 0 unspecified atom stereocenters. The Morgan fingerprint density at radius 3 is 1.68 bits per heavy atom. The minimum Gasteiger partial charge on any atom is -0.456 e. The van der Waals surface area contributed by atoms with Gasteiger partial charge in [0.25, 0.3) is 0 Å². The van der Waals surface area contributed by atoms with Crippen molar-refractivity contribution in [3.05, 3.63) is 199 Å². The smallest absolute Gasteiger partial charge is 0.135 e. The van der Waals surface area contributed by atoms with Gasteiger partial charge in [0, 0.05) is 60.9 Å². The van der Waals surface area contributed by atoms with Crippen molar-refractivity contribution in [2.24, 2.45) is 0 Å². The van der Waals surface area contributed by atoms with Gasteiger partial charge in [-0.15, -0.1) is 0 Å². The molecular formula is C56H37N3O. The molecule has 0 saturated heterocycles. The van der Waals surface area contributed by atoms with Gasteiger partial charge in [-0.2, -0.15) is 0 Å². The van der Waals surface area contributed by atoms with Crippen LogP contribution in [0.25, 0.3) is 110 Å². The van der Waals surface area contributed by atoms with Gasteiger partial charge in [-0.1, -0.05) is 111 Å². The van der Waals surface area contributed by atoms with E-state index in [1.54, 1.807) is 0 Å². The molecule has 4 heterocycles. The van der Waals surface area contributed by atoms with Crippen LogP contribution in [-0.2, 0) is 5.41 Å². The third-order valence-corrected chi connectivity index (χ3v) is 13.1. The predicted octanol–water partition coefficient (Wildman–Crippen LogP) is 14.8. The van der Waals surface area contributed by atoms with Crippen LogP contribution >= 0.6 is 0 Å². The van der Waals surface area contributed by atoms with E-state index in [-0.39, 0.29) is 5.41 Å². The quantitative estimate of drug-likeness (QED) is 0.179. The molecule has 0 spiro atoms. The van der Waals surface area contributed by atoms with E-state index in [2.05, 4.69) is 193 Å². The number of hydrogen-bond donors (Lipinski definition) is 0. The average molecular weight is 768 g/mol. The van der Waals surface area contributed by atoms with Gasteiger partial charge in [-0.3, -0.25) is 4.98 Å². The van der Waals surface area contributed by atoms with Crippen LogP contribution < -0.4 is 0 Å². The largest absolute Gasteiger partial charge is 0.456 e. The fourth-order valence-electron chi connectivity index (χ4n) is 10.3. The number of fused-ring (bicyclic) bond motifs is 12. The highest BCUT2D eigenvalue weighted by Crippen LogP contribution is 2.49. The van der Waals surface area contributed by atoms with E-state index in [0.29, 0.717) is 0 Å². The number of benzene rings is 8. The van der Waals surface area contributed by atoms with Gasteiger partial charge < -0.3 is 13.6 Å². The molecule has 4 nitrogen and oxygen atoms in total. The third-order valence-electron chi connectivity index (χ3n) is 13.1. The van der Waals surface area contributed by atoms with Crippen molar-refractivity contribution in [2.45, 2.75) is 19.3 Å². The first-order valence-corrected chi connectivity index (χ1v) is 20.7. The average Bonchev–Trinajstić information content (AvgIpc) is 4.01. The number of para-hydroxylation sites is 4. The Bertz CT molecular complexity index is 3710. The van der Waals surface area contributed by atoms with Crippen LogP contribution in [0.1, 0.15) is 25.0 Å². The topological polar surface area (TPSA) is 35.9 Å². The lowest BCUT2D eigenvalue weighted by molar-refractivity contribution is 0.659. The molecule has 0 fully saturated rings. The van der Waals surface area contributed by atoms with Crippen molar-refractivity contribution < 1.29 is 4.42 Å². The molecule has 0 radical (unpaired) electrons. The number of hydrogen-bond acceptors (Lipinski definition) is 2. The van der Waals surface area contributed by atoms with Crippen molar-refractivity contribution in [1.29, 1.82) is 0 Å². The summed E-state index contributed by atoms with van der Waals surface area (Å²) in [6.07, 6.45) is 1.91. The maximum absolute atomic E-state index is 6.26. The molecule has 60 heavy (non-hydrogen) atoms. The number of rotatable bonds is 4. The molecule has 12 aromatic rings. The van der Waals surface area contributed by atoms with E-state index in [0.717, 1.165) is 61.3 Å². The Morgan fingerprint density at radius 1 is 0.400 bits per heavy atom.